The van der Waals surface area contributed by atoms with Gasteiger partial charge in [0.15, 0.2) is 0 Å². The van der Waals surface area contributed by atoms with Crippen molar-refractivity contribution in [1.82, 2.24) is 9.97 Å². The van der Waals surface area contributed by atoms with Gasteiger partial charge in [-0.15, -0.1) is 0 Å². The molecule has 0 atom stereocenters. The molecule has 4 heteroatoms. The second kappa shape index (κ2) is 6.77. The van der Waals surface area contributed by atoms with Gasteiger partial charge in [-0.2, -0.15) is 4.98 Å². The monoisotopic (exact) mass is 296 g/mol. The molecule has 1 aromatic heterocycles. The van der Waals surface area contributed by atoms with Crippen LogP contribution in [0, 0.1) is 13.8 Å². The molecule has 0 radical (unpaired) electrons. The van der Waals surface area contributed by atoms with E-state index in [0.717, 1.165) is 23.1 Å². The lowest BCUT2D eigenvalue weighted by Gasteiger charge is -2.23. The molecule has 0 saturated heterocycles. The summed E-state index contributed by atoms with van der Waals surface area (Å²) in [6.07, 6.45) is 6.40. The molecule has 0 unspecified atom stereocenters. The Morgan fingerprint density at radius 1 is 1.00 bits per heavy atom. The summed E-state index contributed by atoms with van der Waals surface area (Å²) in [6, 6.07) is 10.7. The number of para-hydroxylation sites is 1. The zero-order valence-electron chi connectivity index (χ0n) is 13.4. The smallest absolute Gasteiger partial charge is 0.225 e. The van der Waals surface area contributed by atoms with Gasteiger partial charge in [-0.1, -0.05) is 37.5 Å². The fourth-order valence-electron chi connectivity index (χ4n) is 2.98. The van der Waals surface area contributed by atoms with Crippen molar-refractivity contribution >= 4 is 17.5 Å². The van der Waals surface area contributed by atoms with E-state index >= 15 is 0 Å². The van der Waals surface area contributed by atoms with E-state index in [4.69, 9.17) is 0 Å². The van der Waals surface area contributed by atoms with E-state index in [1.54, 1.807) is 0 Å². The summed E-state index contributed by atoms with van der Waals surface area (Å²) in [4.78, 5) is 9.16. The average Bonchev–Trinajstić information content (AvgIpc) is 2.50. The lowest BCUT2D eigenvalue weighted by molar-refractivity contribution is 0.461. The molecule has 0 amide bonds. The molecule has 1 fully saturated rings. The summed E-state index contributed by atoms with van der Waals surface area (Å²) in [7, 11) is 0. The number of nitrogens with zero attached hydrogens (tertiary/aromatic N) is 2. The fourth-order valence-corrected chi connectivity index (χ4v) is 2.98. The van der Waals surface area contributed by atoms with Gasteiger partial charge in [0.05, 0.1) is 0 Å². The molecule has 1 aromatic carbocycles. The quantitative estimate of drug-likeness (QED) is 0.867. The topological polar surface area (TPSA) is 49.8 Å². The number of anilines is 3. The van der Waals surface area contributed by atoms with Gasteiger partial charge >= 0.3 is 0 Å². The number of benzene rings is 1. The Morgan fingerprint density at radius 2 is 1.77 bits per heavy atom. The first-order chi connectivity index (χ1) is 10.7. The third-order valence-electron chi connectivity index (χ3n) is 4.20. The van der Waals surface area contributed by atoms with Gasteiger partial charge in [0.1, 0.15) is 5.82 Å². The van der Waals surface area contributed by atoms with Crippen molar-refractivity contribution in [2.75, 3.05) is 10.6 Å². The standard InChI is InChI=1S/C18H24N4/c1-13-8-6-7-11-16(13)21-17-12-14(2)19-18(22-17)20-15-9-4-3-5-10-15/h6-8,11-12,15H,3-5,9-10H2,1-2H3,(H2,19,20,21,22). The molecular weight excluding hydrogens is 272 g/mol. The van der Waals surface area contributed by atoms with E-state index in [2.05, 4.69) is 39.7 Å². The molecule has 0 spiro atoms. The highest BCUT2D eigenvalue weighted by molar-refractivity contribution is 5.61. The number of nitrogens with one attached hydrogen (secondary N) is 2. The Balaban J connectivity index is 1.76. The maximum Gasteiger partial charge on any atom is 0.225 e. The van der Waals surface area contributed by atoms with Crippen molar-refractivity contribution in [2.45, 2.75) is 52.0 Å². The van der Waals surface area contributed by atoms with E-state index in [1.165, 1.54) is 37.7 Å². The van der Waals surface area contributed by atoms with Gasteiger partial charge in [0, 0.05) is 23.5 Å². The summed E-state index contributed by atoms with van der Waals surface area (Å²) in [5.74, 6) is 1.59. The van der Waals surface area contributed by atoms with Crippen molar-refractivity contribution in [3.8, 4) is 0 Å². The van der Waals surface area contributed by atoms with Crippen LogP contribution >= 0.6 is 0 Å². The molecular formula is C18H24N4. The summed E-state index contributed by atoms with van der Waals surface area (Å²) in [5, 5.41) is 6.90. The van der Waals surface area contributed by atoms with E-state index in [1.807, 2.05) is 25.1 Å². The lowest BCUT2D eigenvalue weighted by atomic mass is 9.96. The van der Waals surface area contributed by atoms with Crippen molar-refractivity contribution in [1.29, 1.82) is 0 Å². The van der Waals surface area contributed by atoms with Crippen molar-refractivity contribution in [2.24, 2.45) is 0 Å². The van der Waals surface area contributed by atoms with Gasteiger partial charge in [0.2, 0.25) is 5.95 Å². The third-order valence-corrected chi connectivity index (χ3v) is 4.20. The first kappa shape index (κ1) is 14.8. The Kier molecular flexibility index (Phi) is 4.56. The number of aromatic nitrogens is 2. The predicted octanol–water partition coefficient (Wildman–Crippen LogP) is 4.58. The second-order valence-electron chi connectivity index (χ2n) is 6.14. The van der Waals surface area contributed by atoms with Crippen LogP contribution in [-0.2, 0) is 0 Å². The molecule has 0 bridgehead atoms. The highest BCUT2D eigenvalue weighted by Gasteiger charge is 2.14. The normalized spacial score (nSPS) is 15.5. The summed E-state index contributed by atoms with van der Waals surface area (Å²) in [5.41, 5.74) is 3.27. The zero-order chi connectivity index (χ0) is 15.4. The predicted molar refractivity (Wildman–Crippen MR) is 91.7 cm³/mol. The van der Waals surface area contributed by atoms with Crippen LogP contribution in [-0.4, -0.2) is 16.0 Å². The molecule has 1 saturated carbocycles. The Labute approximate surface area is 132 Å². The van der Waals surface area contributed by atoms with E-state index in [-0.39, 0.29) is 0 Å². The fraction of sp³-hybridized carbons (Fsp3) is 0.444. The second-order valence-corrected chi connectivity index (χ2v) is 6.14. The largest absolute Gasteiger partial charge is 0.351 e. The first-order valence-corrected chi connectivity index (χ1v) is 8.15. The average molecular weight is 296 g/mol. The van der Waals surface area contributed by atoms with Gasteiger partial charge in [-0.3, -0.25) is 0 Å². The van der Waals surface area contributed by atoms with E-state index in [0.29, 0.717) is 6.04 Å². The van der Waals surface area contributed by atoms with Gasteiger partial charge in [0.25, 0.3) is 0 Å². The molecule has 1 heterocycles. The van der Waals surface area contributed by atoms with Crippen LogP contribution in [0.5, 0.6) is 0 Å². The zero-order valence-corrected chi connectivity index (χ0v) is 13.4. The molecule has 1 aliphatic rings. The molecule has 116 valence electrons. The maximum atomic E-state index is 4.63. The highest BCUT2D eigenvalue weighted by atomic mass is 15.2. The molecule has 4 nitrogen and oxygen atoms in total. The van der Waals surface area contributed by atoms with Crippen molar-refractivity contribution in [3.05, 3.63) is 41.6 Å². The van der Waals surface area contributed by atoms with Crippen LogP contribution in [0.3, 0.4) is 0 Å². The molecule has 3 rings (SSSR count). The molecule has 22 heavy (non-hydrogen) atoms. The summed E-state index contributed by atoms with van der Waals surface area (Å²) >= 11 is 0. The van der Waals surface area contributed by atoms with Gasteiger partial charge in [-0.05, 0) is 38.3 Å². The Morgan fingerprint density at radius 3 is 2.55 bits per heavy atom. The molecule has 0 aliphatic heterocycles. The van der Waals surface area contributed by atoms with Crippen LogP contribution in [0.4, 0.5) is 17.5 Å². The summed E-state index contributed by atoms with van der Waals surface area (Å²) in [6.45, 7) is 4.11. The van der Waals surface area contributed by atoms with Crippen LogP contribution < -0.4 is 10.6 Å². The van der Waals surface area contributed by atoms with Crippen molar-refractivity contribution < 1.29 is 0 Å². The minimum atomic E-state index is 0.516. The number of hydrogen-bond donors (Lipinski definition) is 2. The molecule has 2 aromatic rings. The Hall–Kier alpha value is -2.10. The number of rotatable bonds is 4. The SMILES string of the molecule is Cc1cc(Nc2ccccc2C)nc(NC2CCCCC2)n1. The first-order valence-electron chi connectivity index (χ1n) is 8.15. The maximum absolute atomic E-state index is 4.63. The van der Waals surface area contributed by atoms with E-state index < -0.39 is 0 Å². The highest BCUT2D eigenvalue weighted by Crippen LogP contribution is 2.23. The van der Waals surface area contributed by atoms with Gasteiger partial charge in [-0.25, -0.2) is 4.98 Å². The third kappa shape index (κ3) is 3.75. The Bertz CT molecular complexity index is 633. The van der Waals surface area contributed by atoms with Crippen LogP contribution in [0.25, 0.3) is 0 Å². The molecule has 1 aliphatic carbocycles. The lowest BCUT2D eigenvalue weighted by Crippen LogP contribution is -2.23. The van der Waals surface area contributed by atoms with Crippen LogP contribution in [0.1, 0.15) is 43.4 Å². The van der Waals surface area contributed by atoms with E-state index in [9.17, 15) is 0 Å². The van der Waals surface area contributed by atoms with Crippen molar-refractivity contribution in [3.63, 3.8) is 0 Å². The number of hydrogen-bond acceptors (Lipinski definition) is 4. The van der Waals surface area contributed by atoms with Gasteiger partial charge < -0.3 is 10.6 Å². The van der Waals surface area contributed by atoms with Crippen LogP contribution in [0.15, 0.2) is 30.3 Å². The minimum Gasteiger partial charge on any atom is -0.351 e. The summed E-state index contributed by atoms with van der Waals surface area (Å²) < 4.78 is 0. The number of aryl methyl sites for hydroxylation is 2. The minimum absolute atomic E-state index is 0.516. The molecule has 2 N–H and O–H groups in total. The van der Waals surface area contributed by atoms with Crippen LogP contribution in [0.2, 0.25) is 0 Å².